The van der Waals surface area contributed by atoms with E-state index in [2.05, 4.69) is 10.1 Å². The summed E-state index contributed by atoms with van der Waals surface area (Å²) in [4.78, 5) is 14.5. The van der Waals surface area contributed by atoms with Crippen molar-refractivity contribution in [2.24, 2.45) is 10.7 Å². The quantitative estimate of drug-likeness (QED) is 0.553. The normalized spacial score (nSPS) is 13.5. The van der Waals surface area contributed by atoms with E-state index in [0.717, 1.165) is 15.9 Å². The molecule has 1 aliphatic rings. The molecule has 0 aromatic carbocycles. The maximum absolute atomic E-state index is 10.6. The molecule has 1 aromatic rings. The number of hydrogen-bond donors (Lipinski definition) is 1. The SMILES string of the molecule is NC(=O)n1cc2c(n1)C=NC2. The number of nitrogens with zero attached hydrogens (tertiary/aromatic N) is 3. The monoisotopic (exact) mass is 150 g/mol. The van der Waals surface area contributed by atoms with Crippen LogP contribution >= 0.6 is 0 Å². The highest BCUT2D eigenvalue weighted by Crippen LogP contribution is 2.11. The summed E-state index contributed by atoms with van der Waals surface area (Å²) in [7, 11) is 0. The van der Waals surface area contributed by atoms with E-state index in [1.54, 1.807) is 12.4 Å². The first-order valence-electron chi connectivity index (χ1n) is 3.15. The van der Waals surface area contributed by atoms with E-state index in [1.165, 1.54) is 0 Å². The van der Waals surface area contributed by atoms with Gasteiger partial charge >= 0.3 is 6.03 Å². The summed E-state index contributed by atoms with van der Waals surface area (Å²) < 4.78 is 1.12. The second kappa shape index (κ2) is 1.91. The van der Waals surface area contributed by atoms with Crippen LogP contribution in [0.3, 0.4) is 0 Å². The van der Waals surface area contributed by atoms with Crippen molar-refractivity contribution in [3.63, 3.8) is 0 Å². The molecule has 0 bridgehead atoms. The number of carbonyl (C=O) groups is 1. The van der Waals surface area contributed by atoms with Crippen molar-refractivity contribution in [1.82, 2.24) is 9.78 Å². The Morgan fingerprint density at radius 2 is 2.55 bits per heavy atom. The van der Waals surface area contributed by atoms with E-state index in [1.807, 2.05) is 0 Å². The Balaban J connectivity index is 2.49. The number of aliphatic imine (C=N–C) groups is 1. The summed E-state index contributed by atoms with van der Waals surface area (Å²) >= 11 is 0. The van der Waals surface area contributed by atoms with Gasteiger partial charge in [0.2, 0.25) is 0 Å². The lowest BCUT2D eigenvalue weighted by molar-refractivity contribution is 0.247. The fourth-order valence-electron chi connectivity index (χ4n) is 0.997. The van der Waals surface area contributed by atoms with Crippen LogP contribution in [0.1, 0.15) is 11.3 Å². The minimum Gasteiger partial charge on any atom is -0.350 e. The second-order valence-corrected chi connectivity index (χ2v) is 2.29. The molecular formula is C6H6N4O. The number of rotatable bonds is 0. The molecule has 0 saturated carbocycles. The molecule has 5 nitrogen and oxygen atoms in total. The van der Waals surface area contributed by atoms with E-state index < -0.39 is 6.03 Å². The third-order valence-electron chi connectivity index (χ3n) is 1.52. The van der Waals surface area contributed by atoms with Crippen molar-refractivity contribution in [1.29, 1.82) is 0 Å². The predicted octanol–water partition coefficient (Wildman–Crippen LogP) is -0.258. The number of primary amides is 1. The molecule has 0 radical (unpaired) electrons. The van der Waals surface area contributed by atoms with Gasteiger partial charge in [0.05, 0.1) is 6.54 Å². The topological polar surface area (TPSA) is 73.3 Å². The number of nitrogens with two attached hydrogens (primary N) is 1. The number of hydrogen-bond acceptors (Lipinski definition) is 3. The van der Waals surface area contributed by atoms with Gasteiger partial charge in [-0.3, -0.25) is 4.99 Å². The van der Waals surface area contributed by atoms with Crippen LogP contribution in [0, 0.1) is 0 Å². The minimum absolute atomic E-state index is 0.562. The highest BCUT2D eigenvalue weighted by molar-refractivity contribution is 5.83. The van der Waals surface area contributed by atoms with Gasteiger partial charge in [-0.15, -0.1) is 0 Å². The molecule has 2 rings (SSSR count). The zero-order valence-electron chi connectivity index (χ0n) is 5.69. The Kier molecular flexibility index (Phi) is 1.06. The van der Waals surface area contributed by atoms with Crippen molar-refractivity contribution in [3.05, 3.63) is 17.5 Å². The highest BCUT2D eigenvalue weighted by atomic mass is 16.2. The number of carbonyl (C=O) groups excluding carboxylic acids is 1. The number of aromatic nitrogens is 2. The third-order valence-corrected chi connectivity index (χ3v) is 1.52. The lowest BCUT2D eigenvalue weighted by Crippen LogP contribution is -2.20. The lowest BCUT2D eigenvalue weighted by Gasteiger charge is -1.89. The van der Waals surface area contributed by atoms with Gasteiger partial charge in [-0.1, -0.05) is 0 Å². The standard InChI is InChI=1S/C6H6N4O/c7-6(11)10-3-4-1-8-2-5(4)9-10/h2-3H,1H2,(H2,7,11). The molecule has 1 aliphatic heterocycles. The Morgan fingerprint density at radius 3 is 3.18 bits per heavy atom. The van der Waals surface area contributed by atoms with E-state index in [9.17, 15) is 4.79 Å². The average Bonchev–Trinajstić information content (AvgIpc) is 2.40. The van der Waals surface area contributed by atoms with Crippen LogP contribution in [0.25, 0.3) is 0 Å². The van der Waals surface area contributed by atoms with Crippen LogP contribution < -0.4 is 5.73 Å². The van der Waals surface area contributed by atoms with E-state index in [-0.39, 0.29) is 0 Å². The largest absolute Gasteiger partial charge is 0.350 e. The van der Waals surface area contributed by atoms with Crippen LogP contribution in [-0.2, 0) is 6.54 Å². The molecule has 2 heterocycles. The Morgan fingerprint density at radius 1 is 1.73 bits per heavy atom. The fraction of sp³-hybridized carbons (Fsp3) is 0.167. The second-order valence-electron chi connectivity index (χ2n) is 2.29. The highest BCUT2D eigenvalue weighted by Gasteiger charge is 2.12. The summed E-state index contributed by atoms with van der Waals surface area (Å²) in [6, 6.07) is -0.562. The first-order valence-corrected chi connectivity index (χ1v) is 3.15. The smallest absolute Gasteiger partial charge is 0.339 e. The zero-order valence-corrected chi connectivity index (χ0v) is 5.69. The number of fused-ring (bicyclic) bond motifs is 1. The van der Waals surface area contributed by atoms with Crippen molar-refractivity contribution < 1.29 is 4.79 Å². The van der Waals surface area contributed by atoms with Gasteiger partial charge in [-0.05, 0) is 0 Å². The lowest BCUT2D eigenvalue weighted by atomic mass is 10.3. The molecule has 0 fully saturated rings. The summed E-state index contributed by atoms with van der Waals surface area (Å²) in [5, 5.41) is 3.88. The van der Waals surface area contributed by atoms with Crippen molar-refractivity contribution in [2.45, 2.75) is 6.54 Å². The molecule has 56 valence electrons. The maximum atomic E-state index is 10.6. The van der Waals surface area contributed by atoms with E-state index >= 15 is 0 Å². The Hall–Kier alpha value is -1.65. The molecule has 11 heavy (non-hydrogen) atoms. The zero-order chi connectivity index (χ0) is 7.84. The molecule has 0 aliphatic carbocycles. The van der Waals surface area contributed by atoms with Crippen molar-refractivity contribution in [3.8, 4) is 0 Å². The van der Waals surface area contributed by atoms with Gasteiger partial charge in [0.1, 0.15) is 5.69 Å². The molecule has 5 heteroatoms. The van der Waals surface area contributed by atoms with E-state index in [4.69, 9.17) is 5.73 Å². The molecule has 2 N–H and O–H groups in total. The Bertz CT molecular complexity index is 338. The molecule has 0 unspecified atom stereocenters. The van der Waals surface area contributed by atoms with Crippen molar-refractivity contribution >= 4 is 12.2 Å². The van der Waals surface area contributed by atoms with Gasteiger partial charge in [-0.25, -0.2) is 4.79 Å². The summed E-state index contributed by atoms with van der Waals surface area (Å²) in [5.74, 6) is 0. The van der Waals surface area contributed by atoms with Crippen LogP contribution in [-0.4, -0.2) is 22.0 Å². The molecule has 1 aromatic heterocycles. The van der Waals surface area contributed by atoms with Crippen LogP contribution in [0.4, 0.5) is 4.79 Å². The molecule has 0 saturated heterocycles. The molecule has 0 spiro atoms. The molecule has 0 atom stereocenters. The van der Waals surface area contributed by atoms with Gasteiger partial charge in [0.15, 0.2) is 0 Å². The third kappa shape index (κ3) is 0.813. The predicted molar refractivity (Wildman–Crippen MR) is 38.5 cm³/mol. The van der Waals surface area contributed by atoms with Gasteiger partial charge < -0.3 is 5.73 Å². The van der Waals surface area contributed by atoms with E-state index in [0.29, 0.717) is 6.54 Å². The Labute approximate surface area is 62.5 Å². The molecule has 1 amide bonds. The minimum atomic E-state index is -0.562. The first kappa shape index (κ1) is 6.09. The number of amides is 1. The molecular weight excluding hydrogens is 144 g/mol. The maximum Gasteiger partial charge on any atom is 0.339 e. The van der Waals surface area contributed by atoms with Crippen LogP contribution in [0.15, 0.2) is 11.2 Å². The van der Waals surface area contributed by atoms with Gasteiger partial charge in [0.25, 0.3) is 0 Å². The summed E-state index contributed by atoms with van der Waals surface area (Å²) in [6.07, 6.45) is 3.24. The fourth-order valence-corrected chi connectivity index (χ4v) is 0.997. The summed E-state index contributed by atoms with van der Waals surface area (Å²) in [6.45, 7) is 0.600. The van der Waals surface area contributed by atoms with Crippen LogP contribution in [0.5, 0.6) is 0 Å². The first-order chi connectivity index (χ1) is 5.27. The van der Waals surface area contributed by atoms with Crippen LogP contribution in [0.2, 0.25) is 0 Å². The van der Waals surface area contributed by atoms with Crippen molar-refractivity contribution in [2.75, 3.05) is 0 Å². The van der Waals surface area contributed by atoms with Gasteiger partial charge in [0, 0.05) is 18.0 Å². The van der Waals surface area contributed by atoms with Gasteiger partial charge in [-0.2, -0.15) is 9.78 Å². The average molecular weight is 150 g/mol. The summed E-state index contributed by atoms with van der Waals surface area (Å²) in [5.41, 5.74) is 6.68.